The van der Waals surface area contributed by atoms with E-state index in [9.17, 15) is 5.11 Å². The molecule has 88 valence electrons. The molecule has 0 saturated heterocycles. The topological polar surface area (TPSA) is 46.0 Å². The number of aromatic nitrogens is 2. The SMILES string of the molecule is Cc1ccc(C(O)Cc2ccc(Br)cn2)cn1. The first-order valence-corrected chi connectivity index (χ1v) is 6.15. The maximum Gasteiger partial charge on any atom is 0.0860 e. The second-order valence-corrected chi connectivity index (χ2v) is 4.84. The second kappa shape index (κ2) is 5.38. The molecule has 17 heavy (non-hydrogen) atoms. The number of aryl methyl sites for hydroxylation is 1. The van der Waals surface area contributed by atoms with Crippen LogP contribution < -0.4 is 0 Å². The van der Waals surface area contributed by atoms with Crippen LogP contribution in [0.2, 0.25) is 0 Å². The minimum atomic E-state index is -0.559. The Morgan fingerprint density at radius 2 is 2.00 bits per heavy atom. The van der Waals surface area contributed by atoms with Crippen molar-refractivity contribution in [1.29, 1.82) is 0 Å². The molecule has 1 atom stereocenters. The molecule has 2 rings (SSSR count). The molecule has 2 aromatic heterocycles. The fourth-order valence-electron chi connectivity index (χ4n) is 1.52. The zero-order valence-electron chi connectivity index (χ0n) is 9.47. The van der Waals surface area contributed by atoms with Crippen LogP contribution in [0, 0.1) is 6.92 Å². The number of hydrogen-bond donors (Lipinski definition) is 1. The highest BCUT2D eigenvalue weighted by Crippen LogP contribution is 2.17. The van der Waals surface area contributed by atoms with E-state index in [1.165, 1.54) is 0 Å². The Morgan fingerprint density at radius 3 is 2.59 bits per heavy atom. The number of rotatable bonds is 3. The van der Waals surface area contributed by atoms with Gasteiger partial charge in [0.2, 0.25) is 0 Å². The molecule has 0 aliphatic rings. The summed E-state index contributed by atoms with van der Waals surface area (Å²) in [5.41, 5.74) is 2.63. The van der Waals surface area contributed by atoms with Gasteiger partial charge in [-0.25, -0.2) is 0 Å². The van der Waals surface area contributed by atoms with Crippen molar-refractivity contribution < 1.29 is 5.11 Å². The van der Waals surface area contributed by atoms with Gasteiger partial charge < -0.3 is 5.11 Å². The van der Waals surface area contributed by atoms with Gasteiger partial charge in [-0.3, -0.25) is 9.97 Å². The summed E-state index contributed by atoms with van der Waals surface area (Å²) in [4.78, 5) is 8.40. The van der Waals surface area contributed by atoms with Crippen molar-refractivity contribution in [2.24, 2.45) is 0 Å². The van der Waals surface area contributed by atoms with Crippen molar-refractivity contribution in [2.75, 3.05) is 0 Å². The molecular formula is C13H13BrN2O. The van der Waals surface area contributed by atoms with Crippen molar-refractivity contribution in [3.63, 3.8) is 0 Å². The molecular weight excluding hydrogens is 280 g/mol. The average Bonchev–Trinajstić information content (AvgIpc) is 2.33. The van der Waals surface area contributed by atoms with Gasteiger partial charge in [-0.2, -0.15) is 0 Å². The number of halogens is 1. The van der Waals surface area contributed by atoms with Crippen LogP contribution in [-0.4, -0.2) is 15.1 Å². The Bertz CT molecular complexity index is 482. The molecule has 2 aromatic rings. The number of nitrogens with zero attached hydrogens (tertiary/aromatic N) is 2. The minimum absolute atomic E-state index is 0.498. The third-order valence-electron chi connectivity index (χ3n) is 2.51. The number of pyridine rings is 2. The lowest BCUT2D eigenvalue weighted by Crippen LogP contribution is -2.03. The van der Waals surface area contributed by atoms with Crippen molar-refractivity contribution in [3.8, 4) is 0 Å². The Hall–Kier alpha value is -1.26. The Balaban J connectivity index is 2.08. The third kappa shape index (κ3) is 3.35. The quantitative estimate of drug-likeness (QED) is 0.946. The summed E-state index contributed by atoms with van der Waals surface area (Å²) in [5, 5.41) is 10.0. The largest absolute Gasteiger partial charge is 0.388 e. The van der Waals surface area contributed by atoms with Gasteiger partial charge in [0.1, 0.15) is 0 Å². The van der Waals surface area contributed by atoms with Gasteiger partial charge in [-0.15, -0.1) is 0 Å². The highest BCUT2D eigenvalue weighted by molar-refractivity contribution is 9.10. The van der Waals surface area contributed by atoms with Crippen LogP contribution in [0.1, 0.15) is 23.1 Å². The summed E-state index contributed by atoms with van der Waals surface area (Å²) >= 11 is 3.33. The predicted molar refractivity (Wildman–Crippen MR) is 69.6 cm³/mol. The lowest BCUT2D eigenvalue weighted by Gasteiger charge is -2.10. The second-order valence-electron chi connectivity index (χ2n) is 3.92. The van der Waals surface area contributed by atoms with Crippen LogP contribution in [0.5, 0.6) is 0 Å². The van der Waals surface area contributed by atoms with E-state index >= 15 is 0 Å². The van der Waals surface area contributed by atoms with Crippen molar-refractivity contribution in [1.82, 2.24) is 9.97 Å². The first kappa shape index (κ1) is 12.2. The van der Waals surface area contributed by atoms with Crippen LogP contribution in [0.4, 0.5) is 0 Å². The van der Waals surface area contributed by atoms with E-state index in [0.29, 0.717) is 6.42 Å². The molecule has 0 aliphatic heterocycles. The van der Waals surface area contributed by atoms with Crippen LogP contribution >= 0.6 is 15.9 Å². The molecule has 1 N–H and O–H groups in total. The van der Waals surface area contributed by atoms with Gasteiger partial charge in [-0.1, -0.05) is 6.07 Å². The van der Waals surface area contributed by atoms with Gasteiger partial charge in [-0.05, 0) is 46.6 Å². The van der Waals surface area contributed by atoms with E-state index in [0.717, 1.165) is 21.4 Å². The lowest BCUT2D eigenvalue weighted by atomic mass is 10.1. The minimum Gasteiger partial charge on any atom is -0.388 e. The van der Waals surface area contributed by atoms with Crippen molar-refractivity contribution in [3.05, 3.63) is 58.1 Å². The van der Waals surface area contributed by atoms with Gasteiger partial charge in [0.05, 0.1) is 6.10 Å². The van der Waals surface area contributed by atoms with Gasteiger partial charge in [0, 0.05) is 34.7 Å². The smallest absolute Gasteiger partial charge is 0.0860 e. The van der Waals surface area contributed by atoms with Gasteiger partial charge in [0.25, 0.3) is 0 Å². The molecule has 0 aromatic carbocycles. The van der Waals surface area contributed by atoms with E-state index in [1.807, 2.05) is 31.2 Å². The van der Waals surface area contributed by atoms with E-state index in [4.69, 9.17) is 0 Å². The Labute approximate surface area is 109 Å². The molecule has 0 aliphatic carbocycles. The number of aliphatic hydroxyl groups is 1. The molecule has 4 heteroatoms. The average molecular weight is 293 g/mol. The van der Waals surface area contributed by atoms with E-state index < -0.39 is 6.10 Å². The summed E-state index contributed by atoms with van der Waals surface area (Å²) in [6.45, 7) is 1.92. The molecule has 0 bridgehead atoms. The van der Waals surface area contributed by atoms with E-state index in [1.54, 1.807) is 12.4 Å². The Kier molecular flexibility index (Phi) is 3.86. The van der Waals surface area contributed by atoms with Crippen molar-refractivity contribution >= 4 is 15.9 Å². The molecule has 0 radical (unpaired) electrons. The summed E-state index contributed by atoms with van der Waals surface area (Å²) in [7, 11) is 0. The normalized spacial score (nSPS) is 12.4. The zero-order chi connectivity index (χ0) is 12.3. The molecule has 0 saturated carbocycles. The standard InChI is InChI=1S/C13H13BrN2O/c1-9-2-3-10(7-15-9)13(17)6-12-5-4-11(14)8-16-12/h2-5,7-8,13,17H,6H2,1H3. The first-order chi connectivity index (χ1) is 8.15. The van der Waals surface area contributed by atoms with Crippen LogP contribution in [0.15, 0.2) is 41.1 Å². The molecule has 0 fully saturated rings. The van der Waals surface area contributed by atoms with E-state index in [-0.39, 0.29) is 0 Å². The van der Waals surface area contributed by atoms with Gasteiger partial charge >= 0.3 is 0 Å². The molecule has 1 unspecified atom stereocenters. The summed E-state index contributed by atoms with van der Waals surface area (Å²) in [6, 6.07) is 7.61. The predicted octanol–water partition coefficient (Wildman–Crippen LogP) is 2.82. The fourth-order valence-corrected chi connectivity index (χ4v) is 1.75. The third-order valence-corrected chi connectivity index (χ3v) is 2.98. The first-order valence-electron chi connectivity index (χ1n) is 5.36. The molecule has 2 heterocycles. The molecule has 0 amide bonds. The highest BCUT2D eigenvalue weighted by Gasteiger charge is 2.09. The summed E-state index contributed by atoms with van der Waals surface area (Å²) in [5.74, 6) is 0. The van der Waals surface area contributed by atoms with Crippen LogP contribution in [-0.2, 0) is 6.42 Å². The van der Waals surface area contributed by atoms with Crippen molar-refractivity contribution in [2.45, 2.75) is 19.4 Å². The summed E-state index contributed by atoms with van der Waals surface area (Å²) in [6.07, 6.45) is 3.38. The monoisotopic (exact) mass is 292 g/mol. The lowest BCUT2D eigenvalue weighted by molar-refractivity contribution is 0.177. The highest BCUT2D eigenvalue weighted by atomic mass is 79.9. The number of aliphatic hydroxyl groups excluding tert-OH is 1. The molecule has 3 nitrogen and oxygen atoms in total. The number of hydrogen-bond acceptors (Lipinski definition) is 3. The fraction of sp³-hybridized carbons (Fsp3) is 0.231. The van der Waals surface area contributed by atoms with Gasteiger partial charge in [0.15, 0.2) is 0 Å². The van der Waals surface area contributed by atoms with Crippen LogP contribution in [0.25, 0.3) is 0 Å². The maximum atomic E-state index is 10.0. The zero-order valence-corrected chi connectivity index (χ0v) is 11.1. The maximum absolute atomic E-state index is 10.0. The van der Waals surface area contributed by atoms with Crippen LogP contribution in [0.3, 0.4) is 0 Å². The molecule has 0 spiro atoms. The summed E-state index contributed by atoms with van der Waals surface area (Å²) < 4.78 is 0.938. The van der Waals surface area contributed by atoms with E-state index in [2.05, 4.69) is 25.9 Å². The Morgan fingerprint density at radius 1 is 1.18 bits per heavy atom.